The van der Waals surface area contributed by atoms with Gasteiger partial charge in [0, 0.05) is 0 Å². The first-order chi connectivity index (χ1) is 9.81. The third-order valence-corrected chi connectivity index (χ3v) is 4.51. The van der Waals surface area contributed by atoms with Crippen LogP contribution in [0.15, 0.2) is 47.4 Å². The lowest BCUT2D eigenvalue weighted by molar-refractivity contribution is 0.0692. The van der Waals surface area contributed by atoms with Gasteiger partial charge < -0.3 is 5.11 Å². The Bertz CT molecular complexity index is 800. The second-order valence-corrected chi connectivity index (χ2v) is 6.27. The maximum absolute atomic E-state index is 13.5. The van der Waals surface area contributed by atoms with Gasteiger partial charge in [-0.2, -0.15) is 0 Å². The van der Waals surface area contributed by atoms with Gasteiger partial charge >= 0.3 is 5.97 Å². The van der Waals surface area contributed by atoms with E-state index >= 15 is 0 Å². The first kappa shape index (κ1) is 15.1. The van der Waals surface area contributed by atoms with E-state index in [0.29, 0.717) is 0 Å². The van der Waals surface area contributed by atoms with Crippen molar-refractivity contribution in [2.45, 2.75) is 10.6 Å². The minimum absolute atomic E-state index is 0.0424. The molecule has 0 heterocycles. The molecule has 0 unspecified atom stereocenters. The van der Waals surface area contributed by atoms with E-state index < -0.39 is 43.7 Å². The Labute approximate surface area is 119 Å². The van der Waals surface area contributed by atoms with Crippen molar-refractivity contribution in [2.24, 2.45) is 0 Å². The van der Waals surface area contributed by atoms with E-state index in [2.05, 4.69) is 0 Å². The smallest absolute Gasteiger partial charge is 0.338 e. The van der Waals surface area contributed by atoms with Gasteiger partial charge in [0.25, 0.3) is 0 Å². The molecule has 0 atom stereocenters. The van der Waals surface area contributed by atoms with Crippen LogP contribution in [0.1, 0.15) is 15.9 Å². The predicted molar refractivity (Wildman–Crippen MR) is 70.6 cm³/mol. The molecule has 4 nitrogen and oxygen atoms in total. The van der Waals surface area contributed by atoms with Gasteiger partial charge in [-0.15, -0.1) is 0 Å². The van der Waals surface area contributed by atoms with Crippen molar-refractivity contribution in [3.05, 3.63) is 65.2 Å². The number of rotatable bonds is 4. The van der Waals surface area contributed by atoms with Crippen molar-refractivity contribution >= 4 is 15.8 Å². The molecule has 0 aromatic heterocycles. The number of hydrogen-bond acceptors (Lipinski definition) is 3. The summed E-state index contributed by atoms with van der Waals surface area (Å²) < 4.78 is 51.2. The van der Waals surface area contributed by atoms with Crippen LogP contribution in [0.3, 0.4) is 0 Å². The van der Waals surface area contributed by atoms with Crippen LogP contribution in [0, 0.1) is 11.6 Å². The average molecular weight is 312 g/mol. The largest absolute Gasteiger partial charge is 0.478 e. The summed E-state index contributed by atoms with van der Waals surface area (Å²) in [6, 6.07) is 7.85. The summed E-state index contributed by atoms with van der Waals surface area (Å²) >= 11 is 0. The third-order valence-electron chi connectivity index (χ3n) is 2.79. The lowest BCUT2D eigenvalue weighted by Gasteiger charge is -2.06. The molecular formula is C14H10F2O4S. The summed E-state index contributed by atoms with van der Waals surface area (Å²) in [5, 5.41) is 8.70. The zero-order chi connectivity index (χ0) is 15.6. The number of carboxylic acid groups (broad SMARTS) is 1. The summed E-state index contributed by atoms with van der Waals surface area (Å²) in [6.07, 6.45) is 0. The van der Waals surface area contributed by atoms with Crippen molar-refractivity contribution < 1.29 is 27.1 Å². The summed E-state index contributed by atoms with van der Waals surface area (Å²) in [5.74, 6) is -4.00. The highest BCUT2D eigenvalue weighted by molar-refractivity contribution is 7.90. The van der Waals surface area contributed by atoms with E-state index in [0.717, 1.165) is 24.3 Å². The zero-order valence-electron chi connectivity index (χ0n) is 10.6. The van der Waals surface area contributed by atoms with Gasteiger partial charge in [-0.3, -0.25) is 0 Å². The molecule has 0 aliphatic heterocycles. The van der Waals surface area contributed by atoms with E-state index in [1.165, 1.54) is 18.2 Å². The molecule has 0 fully saturated rings. The second-order valence-electron chi connectivity index (χ2n) is 4.31. The van der Waals surface area contributed by atoms with E-state index in [1.54, 1.807) is 0 Å². The summed E-state index contributed by atoms with van der Waals surface area (Å²) in [4.78, 5) is 10.2. The molecule has 21 heavy (non-hydrogen) atoms. The van der Waals surface area contributed by atoms with Gasteiger partial charge in [-0.25, -0.2) is 22.0 Å². The molecule has 1 N–H and O–H groups in total. The Hall–Kier alpha value is -2.28. The van der Waals surface area contributed by atoms with Gasteiger partial charge in [0.2, 0.25) is 0 Å². The molecule has 2 aromatic carbocycles. The normalized spacial score (nSPS) is 11.3. The van der Waals surface area contributed by atoms with Gasteiger partial charge in [0.1, 0.15) is 16.5 Å². The Morgan fingerprint density at radius 2 is 1.71 bits per heavy atom. The van der Waals surface area contributed by atoms with Crippen LogP contribution in [-0.2, 0) is 15.6 Å². The number of halogens is 2. The Balaban J connectivity index is 2.36. The predicted octanol–water partition coefficient (Wildman–Crippen LogP) is 2.64. The lowest BCUT2D eigenvalue weighted by atomic mass is 10.1. The second kappa shape index (κ2) is 5.61. The van der Waals surface area contributed by atoms with Crippen LogP contribution >= 0.6 is 0 Å². The van der Waals surface area contributed by atoms with Gasteiger partial charge in [0.05, 0.1) is 11.3 Å². The van der Waals surface area contributed by atoms with E-state index in [-0.39, 0.29) is 5.56 Å². The molecule has 2 rings (SSSR count). The molecule has 0 saturated carbocycles. The van der Waals surface area contributed by atoms with Crippen LogP contribution in [0.4, 0.5) is 8.78 Å². The minimum Gasteiger partial charge on any atom is -0.478 e. The minimum atomic E-state index is -3.98. The molecular weight excluding hydrogens is 302 g/mol. The molecule has 2 aromatic rings. The van der Waals surface area contributed by atoms with Crippen LogP contribution in [0.5, 0.6) is 0 Å². The van der Waals surface area contributed by atoms with Crippen molar-refractivity contribution in [3.63, 3.8) is 0 Å². The van der Waals surface area contributed by atoms with Crippen LogP contribution < -0.4 is 0 Å². The summed E-state index contributed by atoms with van der Waals surface area (Å²) in [7, 11) is -3.98. The molecule has 110 valence electrons. The number of sulfone groups is 1. The highest BCUT2D eigenvalue weighted by Crippen LogP contribution is 2.20. The van der Waals surface area contributed by atoms with Gasteiger partial charge in [-0.05, 0) is 29.8 Å². The summed E-state index contributed by atoms with van der Waals surface area (Å²) in [6.45, 7) is 0. The lowest BCUT2D eigenvalue weighted by Crippen LogP contribution is -2.08. The number of hydrogen-bond donors (Lipinski definition) is 1. The SMILES string of the molecule is O=C(O)c1ccc(CS(=O)(=O)c2ccccc2F)cc1F. The molecule has 0 amide bonds. The standard InChI is InChI=1S/C14H10F2O4S/c15-11-3-1-2-4-13(11)21(19,20)8-9-5-6-10(14(17)18)12(16)7-9/h1-7H,8H2,(H,17,18). The average Bonchev–Trinajstić information content (AvgIpc) is 2.38. The van der Waals surface area contributed by atoms with Crippen LogP contribution in [0.25, 0.3) is 0 Å². The topological polar surface area (TPSA) is 71.4 Å². The Kier molecular flexibility index (Phi) is 4.04. The molecule has 7 heteroatoms. The molecule has 0 bridgehead atoms. The van der Waals surface area contributed by atoms with Crippen LogP contribution in [-0.4, -0.2) is 19.5 Å². The van der Waals surface area contributed by atoms with E-state index in [4.69, 9.17) is 5.11 Å². The number of carboxylic acids is 1. The van der Waals surface area contributed by atoms with Crippen molar-refractivity contribution in [3.8, 4) is 0 Å². The highest BCUT2D eigenvalue weighted by atomic mass is 32.2. The number of carbonyl (C=O) groups is 1. The molecule has 0 radical (unpaired) electrons. The van der Waals surface area contributed by atoms with Gasteiger partial charge in [0.15, 0.2) is 9.84 Å². The number of benzene rings is 2. The van der Waals surface area contributed by atoms with Crippen molar-refractivity contribution in [1.82, 2.24) is 0 Å². The Morgan fingerprint density at radius 3 is 2.29 bits per heavy atom. The molecule has 0 aliphatic carbocycles. The van der Waals surface area contributed by atoms with E-state index in [1.807, 2.05) is 0 Å². The molecule has 0 aliphatic rings. The van der Waals surface area contributed by atoms with Gasteiger partial charge in [-0.1, -0.05) is 18.2 Å². The first-order valence-corrected chi connectivity index (χ1v) is 7.45. The Morgan fingerprint density at radius 1 is 1.05 bits per heavy atom. The fourth-order valence-corrected chi connectivity index (χ4v) is 3.24. The fraction of sp³-hybridized carbons (Fsp3) is 0.0714. The quantitative estimate of drug-likeness (QED) is 0.942. The molecule has 0 spiro atoms. The third kappa shape index (κ3) is 3.25. The van der Waals surface area contributed by atoms with Crippen molar-refractivity contribution in [2.75, 3.05) is 0 Å². The van der Waals surface area contributed by atoms with Crippen molar-refractivity contribution in [1.29, 1.82) is 0 Å². The maximum atomic E-state index is 13.5. The maximum Gasteiger partial charge on any atom is 0.338 e. The highest BCUT2D eigenvalue weighted by Gasteiger charge is 2.20. The molecule has 0 saturated heterocycles. The van der Waals surface area contributed by atoms with E-state index in [9.17, 15) is 22.0 Å². The van der Waals surface area contributed by atoms with Crippen LogP contribution in [0.2, 0.25) is 0 Å². The monoisotopic (exact) mass is 312 g/mol. The first-order valence-electron chi connectivity index (χ1n) is 5.80. The summed E-state index contributed by atoms with van der Waals surface area (Å²) in [5.41, 5.74) is -0.511. The zero-order valence-corrected chi connectivity index (χ0v) is 11.4. The number of aromatic carboxylic acids is 1. The fourth-order valence-electron chi connectivity index (χ4n) is 1.82.